The first-order valence-electron chi connectivity index (χ1n) is 5.89. The minimum atomic E-state index is -0.117. The second kappa shape index (κ2) is 5.44. The van der Waals surface area contributed by atoms with Crippen molar-refractivity contribution in [1.29, 1.82) is 0 Å². The quantitative estimate of drug-likeness (QED) is 0.781. The van der Waals surface area contributed by atoms with Crippen molar-refractivity contribution >= 4 is 5.69 Å². The predicted octanol–water partition coefficient (Wildman–Crippen LogP) is 0.126. The molecule has 1 aromatic heterocycles. The normalized spacial score (nSPS) is 25.0. The smallest absolute Gasteiger partial charge is 0.0984 e. The second-order valence-electron chi connectivity index (χ2n) is 4.37. The lowest BCUT2D eigenvalue weighted by Crippen LogP contribution is -2.48. The largest absolute Gasteiger partial charge is 0.394 e. The summed E-state index contributed by atoms with van der Waals surface area (Å²) in [6, 6.07) is 3.96. The van der Waals surface area contributed by atoms with Crippen molar-refractivity contribution in [3.63, 3.8) is 0 Å². The molecule has 1 saturated heterocycles. The van der Waals surface area contributed by atoms with E-state index in [-0.39, 0.29) is 18.8 Å². The van der Waals surface area contributed by atoms with Crippen molar-refractivity contribution in [2.24, 2.45) is 5.73 Å². The van der Waals surface area contributed by atoms with E-state index in [4.69, 9.17) is 10.5 Å². The molecular weight excluding hydrogens is 218 g/mol. The molecule has 1 fully saturated rings. The molecule has 0 spiro atoms. The van der Waals surface area contributed by atoms with Crippen LogP contribution in [-0.2, 0) is 11.3 Å². The number of nitrogens with two attached hydrogens (primary N) is 1. The summed E-state index contributed by atoms with van der Waals surface area (Å²) in [5.74, 6) is 0. The van der Waals surface area contributed by atoms with Gasteiger partial charge in [0.15, 0.2) is 0 Å². The Morgan fingerprint density at radius 3 is 3.12 bits per heavy atom. The number of aliphatic hydroxyl groups is 1. The highest BCUT2D eigenvalue weighted by Gasteiger charge is 2.24. The standard InChI is InChI=1S/C12H19N3O2/c1-9-6-15(7-12(8-16)17-9)11-2-3-14-10(4-11)5-13/h2-4,9,12,16H,5-8,13H2,1H3. The zero-order chi connectivity index (χ0) is 12.3. The molecule has 5 heteroatoms. The highest BCUT2D eigenvalue weighted by atomic mass is 16.5. The summed E-state index contributed by atoms with van der Waals surface area (Å²) in [5.41, 5.74) is 7.55. The molecule has 2 atom stereocenters. The van der Waals surface area contributed by atoms with Crippen LogP contribution >= 0.6 is 0 Å². The Morgan fingerprint density at radius 2 is 2.41 bits per heavy atom. The number of morpholine rings is 1. The summed E-state index contributed by atoms with van der Waals surface area (Å²) >= 11 is 0. The summed E-state index contributed by atoms with van der Waals surface area (Å²) in [4.78, 5) is 6.38. The van der Waals surface area contributed by atoms with Crippen molar-refractivity contribution in [3.05, 3.63) is 24.0 Å². The summed E-state index contributed by atoms with van der Waals surface area (Å²) in [6.45, 7) is 4.03. The molecule has 3 N–H and O–H groups in total. The number of hydrogen-bond donors (Lipinski definition) is 2. The van der Waals surface area contributed by atoms with Crippen LogP contribution in [-0.4, -0.2) is 42.0 Å². The fraction of sp³-hybridized carbons (Fsp3) is 0.583. The van der Waals surface area contributed by atoms with Crippen LogP contribution in [0.4, 0.5) is 5.69 Å². The molecule has 94 valence electrons. The van der Waals surface area contributed by atoms with Crippen molar-refractivity contribution in [2.45, 2.75) is 25.7 Å². The summed E-state index contributed by atoms with van der Waals surface area (Å²) in [6.07, 6.45) is 1.77. The van der Waals surface area contributed by atoms with E-state index in [0.29, 0.717) is 13.1 Å². The number of aromatic nitrogens is 1. The van der Waals surface area contributed by atoms with Gasteiger partial charge in [0, 0.05) is 31.5 Å². The third-order valence-electron chi connectivity index (χ3n) is 2.90. The minimum absolute atomic E-state index is 0.0513. The average Bonchev–Trinajstić information content (AvgIpc) is 2.38. The highest BCUT2D eigenvalue weighted by Crippen LogP contribution is 2.20. The Morgan fingerprint density at radius 1 is 1.59 bits per heavy atom. The van der Waals surface area contributed by atoms with Gasteiger partial charge in [-0.2, -0.15) is 0 Å². The molecule has 1 aliphatic heterocycles. The molecule has 2 rings (SSSR count). The van der Waals surface area contributed by atoms with Crippen LogP contribution in [0, 0.1) is 0 Å². The number of ether oxygens (including phenoxy) is 1. The average molecular weight is 237 g/mol. The predicted molar refractivity (Wildman–Crippen MR) is 65.8 cm³/mol. The highest BCUT2D eigenvalue weighted by molar-refractivity contribution is 5.47. The second-order valence-corrected chi connectivity index (χ2v) is 4.37. The van der Waals surface area contributed by atoms with Crippen LogP contribution in [0.2, 0.25) is 0 Å². The van der Waals surface area contributed by atoms with E-state index in [1.54, 1.807) is 6.20 Å². The Hall–Kier alpha value is -1.17. The molecule has 2 unspecified atom stereocenters. The topological polar surface area (TPSA) is 71.6 Å². The molecule has 1 aliphatic rings. The van der Waals surface area contributed by atoms with Crippen LogP contribution in [0.3, 0.4) is 0 Å². The van der Waals surface area contributed by atoms with Crippen LogP contribution in [0.15, 0.2) is 18.3 Å². The maximum absolute atomic E-state index is 9.19. The summed E-state index contributed by atoms with van der Waals surface area (Å²) < 4.78 is 5.61. The summed E-state index contributed by atoms with van der Waals surface area (Å²) in [7, 11) is 0. The number of rotatable bonds is 3. The first kappa shape index (κ1) is 12.3. The van der Waals surface area contributed by atoms with Gasteiger partial charge in [-0.3, -0.25) is 4.98 Å². The molecule has 1 aromatic rings. The van der Waals surface area contributed by atoms with Gasteiger partial charge in [-0.1, -0.05) is 0 Å². The summed E-state index contributed by atoms with van der Waals surface area (Å²) in [5, 5.41) is 9.19. The minimum Gasteiger partial charge on any atom is -0.394 e. The molecule has 5 nitrogen and oxygen atoms in total. The number of anilines is 1. The fourth-order valence-electron chi connectivity index (χ4n) is 2.13. The van der Waals surface area contributed by atoms with Crippen molar-refractivity contribution in [1.82, 2.24) is 4.98 Å². The third kappa shape index (κ3) is 2.94. The van der Waals surface area contributed by atoms with Crippen molar-refractivity contribution < 1.29 is 9.84 Å². The Balaban J connectivity index is 2.14. The van der Waals surface area contributed by atoms with Gasteiger partial charge in [0.05, 0.1) is 24.5 Å². The van der Waals surface area contributed by atoms with Gasteiger partial charge in [0.1, 0.15) is 0 Å². The van der Waals surface area contributed by atoms with Gasteiger partial charge in [-0.05, 0) is 19.1 Å². The first-order valence-corrected chi connectivity index (χ1v) is 5.89. The van der Waals surface area contributed by atoms with Crippen LogP contribution in [0.5, 0.6) is 0 Å². The zero-order valence-corrected chi connectivity index (χ0v) is 10.0. The van der Waals surface area contributed by atoms with Gasteiger partial charge in [0.25, 0.3) is 0 Å². The van der Waals surface area contributed by atoms with Crippen LogP contribution in [0.1, 0.15) is 12.6 Å². The Labute approximate surface area is 101 Å². The molecule has 0 aliphatic carbocycles. The monoisotopic (exact) mass is 237 g/mol. The van der Waals surface area contributed by atoms with Gasteiger partial charge in [0.2, 0.25) is 0 Å². The van der Waals surface area contributed by atoms with E-state index in [1.807, 2.05) is 19.1 Å². The lowest BCUT2D eigenvalue weighted by molar-refractivity contribution is -0.0421. The molecule has 2 heterocycles. The van der Waals surface area contributed by atoms with E-state index in [9.17, 15) is 5.11 Å². The number of pyridine rings is 1. The molecule has 0 radical (unpaired) electrons. The van der Waals surface area contributed by atoms with E-state index in [0.717, 1.165) is 17.9 Å². The van der Waals surface area contributed by atoms with E-state index in [2.05, 4.69) is 9.88 Å². The van der Waals surface area contributed by atoms with Gasteiger partial charge >= 0.3 is 0 Å². The first-order chi connectivity index (χ1) is 8.22. The van der Waals surface area contributed by atoms with Crippen LogP contribution in [0.25, 0.3) is 0 Å². The molecule has 0 amide bonds. The maximum atomic E-state index is 9.19. The van der Waals surface area contributed by atoms with Gasteiger partial charge in [-0.25, -0.2) is 0 Å². The third-order valence-corrected chi connectivity index (χ3v) is 2.90. The van der Waals surface area contributed by atoms with Gasteiger partial charge in [-0.15, -0.1) is 0 Å². The molecule has 0 bridgehead atoms. The molecule has 0 aromatic carbocycles. The molecule has 17 heavy (non-hydrogen) atoms. The van der Waals surface area contributed by atoms with Crippen molar-refractivity contribution in [2.75, 3.05) is 24.6 Å². The molecule has 0 saturated carbocycles. The number of nitrogens with zero attached hydrogens (tertiary/aromatic N) is 2. The van der Waals surface area contributed by atoms with E-state index < -0.39 is 0 Å². The SMILES string of the molecule is CC1CN(c2ccnc(CN)c2)CC(CO)O1. The van der Waals surface area contributed by atoms with E-state index in [1.165, 1.54) is 0 Å². The fourth-order valence-corrected chi connectivity index (χ4v) is 2.13. The number of aliphatic hydroxyl groups excluding tert-OH is 1. The van der Waals surface area contributed by atoms with Crippen LogP contribution < -0.4 is 10.6 Å². The lowest BCUT2D eigenvalue weighted by atomic mass is 10.2. The van der Waals surface area contributed by atoms with Gasteiger partial charge < -0.3 is 20.5 Å². The Kier molecular flexibility index (Phi) is 3.93. The maximum Gasteiger partial charge on any atom is 0.0984 e. The zero-order valence-electron chi connectivity index (χ0n) is 10.0. The lowest BCUT2D eigenvalue weighted by Gasteiger charge is -2.37. The van der Waals surface area contributed by atoms with Crippen molar-refractivity contribution in [3.8, 4) is 0 Å². The molecular formula is C12H19N3O2. The Bertz CT molecular complexity index is 373. The van der Waals surface area contributed by atoms with E-state index >= 15 is 0 Å². The number of hydrogen-bond acceptors (Lipinski definition) is 5.